The van der Waals surface area contributed by atoms with Gasteiger partial charge in [-0.1, -0.05) is 19.6 Å². The normalized spacial score (nSPS) is 13.9. The average molecular weight is 294 g/mol. The summed E-state index contributed by atoms with van der Waals surface area (Å²) in [6.07, 6.45) is 0.896. The van der Waals surface area contributed by atoms with Gasteiger partial charge in [-0.25, -0.2) is 4.39 Å². The SMILES string of the molecule is C=C1C(C)=C(c2ccc(F)cc2)Oc2c(CC)cc(C)cc21. The Morgan fingerprint density at radius 3 is 2.41 bits per heavy atom. The Balaban J connectivity index is 2.15. The fourth-order valence-electron chi connectivity index (χ4n) is 2.85. The van der Waals surface area contributed by atoms with E-state index in [1.54, 1.807) is 12.1 Å². The molecule has 0 amide bonds. The van der Waals surface area contributed by atoms with Crippen LogP contribution in [0.2, 0.25) is 0 Å². The molecule has 0 unspecified atom stereocenters. The molecule has 0 aliphatic carbocycles. The number of hydrogen-bond donors (Lipinski definition) is 0. The van der Waals surface area contributed by atoms with Crippen LogP contribution in [-0.2, 0) is 6.42 Å². The highest BCUT2D eigenvalue weighted by molar-refractivity contribution is 5.92. The lowest BCUT2D eigenvalue weighted by Gasteiger charge is -2.26. The topological polar surface area (TPSA) is 9.23 Å². The monoisotopic (exact) mass is 294 g/mol. The summed E-state index contributed by atoms with van der Waals surface area (Å²) in [4.78, 5) is 0. The molecule has 0 saturated heterocycles. The van der Waals surface area contributed by atoms with Crippen LogP contribution in [0.1, 0.15) is 36.1 Å². The van der Waals surface area contributed by atoms with Crippen molar-refractivity contribution in [2.75, 3.05) is 0 Å². The van der Waals surface area contributed by atoms with Crippen LogP contribution in [0.3, 0.4) is 0 Å². The highest BCUT2D eigenvalue weighted by atomic mass is 19.1. The van der Waals surface area contributed by atoms with E-state index in [-0.39, 0.29) is 5.82 Å². The van der Waals surface area contributed by atoms with E-state index in [0.717, 1.165) is 40.2 Å². The molecular formula is C20H19FO. The molecule has 0 fully saturated rings. The third-order valence-corrected chi connectivity index (χ3v) is 4.12. The molecule has 0 N–H and O–H groups in total. The minimum Gasteiger partial charge on any atom is -0.455 e. The zero-order valence-corrected chi connectivity index (χ0v) is 13.2. The van der Waals surface area contributed by atoms with Crippen molar-refractivity contribution in [3.63, 3.8) is 0 Å². The third kappa shape index (κ3) is 2.35. The van der Waals surface area contributed by atoms with Gasteiger partial charge in [-0.2, -0.15) is 0 Å². The van der Waals surface area contributed by atoms with Crippen molar-refractivity contribution in [1.29, 1.82) is 0 Å². The minimum absolute atomic E-state index is 0.248. The number of rotatable bonds is 2. The smallest absolute Gasteiger partial charge is 0.138 e. The Hall–Kier alpha value is -2.35. The lowest BCUT2D eigenvalue weighted by molar-refractivity contribution is 0.498. The van der Waals surface area contributed by atoms with E-state index in [1.807, 2.05) is 6.92 Å². The van der Waals surface area contributed by atoms with Gasteiger partial charge < -0.3 is 4.74 Å². The van der Waals surface area contributed by atoms with Gasteiger partial charge in [0.2, 0.25) is 0 Å². The molecule has 0 spiro atoms. The molecule has 0 aromatic heterocycles. The molecule has 1 nitrogen and oxygen atoms in total. The standard InChI is InChI=1S/C20H19FO/c1-5-15-10-12(2)11-18-13(3)14(4)19(22-20(15)18)16-6-8-17(21)9-7-16/h6-11H,3,5H2,1-2,4H3. The molecule has 1 aliphatic heterocycles. The summed E-state index contributed by atoms with van der Waals surface area (Å²) in [5.41, 5.74) is 6.26. The first kappa shape index (κ1) is 14.6. The molecule has 0 atom stereocenters. The maximum atomic E-state index is 13.2. The fraction of sp³-hybridized carbons (Fsp3) is 0.200. The molecule has 0 saturated carbocycles. The summed E-state index contributed by atoms with van der Waals surface area (Å²) >= 11 is 0. The Bertz CT molecular complexity index is 782. The number of fused-ring (bicyclic) bond motifs is 1. The van der Waals surface area contributed by atoms with E-state index in [2.05, 4.69) is 32.6 Å². The summed E-state index contributed by atoms with van der Waals surface area (Å²) in [7, 11) is 0. The number of ether oxygens (including phenoxy) is 1. The van der Waals surface area contributed by atoms with Crippen molar-refractivity contribution in [2.24, 2.45) is 0 Å². The van der Waals surface area contributed by atoms with Crippen LogP contribution in [-0.4, -0.2) is 0 Å². The largest absolute Gasteiger partial charge is 0.455 e. The molecule has 22 heavy (non-hydrogen) atoms. The maximum absolute atomic E-state index is 13.2. The van der Waals surface area contributed by atoms with Crippen LogP contribution in [0.25, 0.3) is 11.3 Å². The van der Waals surface area contributed by atoms with Crippen molar-refractivity contribution in [3.8, 4) is 5.75 Å². The number of aryl methyl sites for hydroxylation is 2. The second kappa shape index (κ2) is 5.45. The summed E-state index contributed by atoms with van der Waals surface area (Å²) in [5.74, 6) is 1.39. The van der Waals surface area contributed by atoms with E-state index in [4.69, 9.17) is 4.74 Å². The van der Waals surface area contributed by atoms with Gasteiger partial charge in [0.05, 0.1) is 0 Å². The predicted octanol–water partition coefficient (Wildman–Crippen LogP) is 5.53. The summed E-state index contributed by atoms with van der Waals surface area (Å²) in [6.45, 7) is 10.4. The first-order chi connectivity index (χ1) is 10.5. The molecule has 3 rings (SSSR count). The molecule has 0 bridgehead atoms. The van der Waals surface area contributed by atoms with E-state index in [0.29, 0.717) is 0 Å². The first-order valence-electron chi connectivity index (χ1n) is 7.49. The molecule has 112 valence electrons. The third-order valence-electron chi connectivity index (χ3n) is 4.12. The van der Waals surface area contributed by atoms with Gasteiger partial charge in [0.25, 0.3) is 0 Å². The molecule has 2 aromatic carbocycles. The number of benzene rings is 2. The lowest BCUT2D eigenvalue weighted by Crippen LogP contribution is -2.09. The Morgan fingerprint density at radius 1 is 1.09 bits per heavy atom. The van der Waals surface area contributed by atoms with Crippen LogP contribution in [0, 0.1) is 12.7 Å². The molecule has 1 aliphatic rings. The number of allylic oxidation sites excluding steroid dienone is 2. The second-order valence-corrected chi connectivity index (χ2v) is 5.70. The number of halogens is 1. The van der Waals surface area contributed by atoms with E-state index in [1.165, 1.54) is 23.3 Å². The van der Waals surface area contributed by atoms with Crippen molar-refractivity contribution < 1.29 is 9.13 Å². The van der Waals surface area contributed by atoms with Crippen LogP contribution < -0.4 is 4.74 Å². The quantitative estimate of drug-likeness (QED) is 0.707. The van der Waals surface area contributed by atoms with Crippen molar-refractivity contribution in [2.45, 2.75) is 27.2 Å². The predicted molar refractivity (Wildman–Crippen MR) is 89.2 cm³/mol. The van der Waals surface area contributed by atoms with E-state index in [9.17, 15) is 4.39 Å². The number of hydrogen-bond acceptors (Lipinski definition) is 1. The summed E-state index contributed by atoms with van der Waals surface area (Å²) in [5, 5.41) is 0. The lowest BCUT2D eigenvalue weighted by atomic mass is 9.90. The molecular weight excluding hydrogens is 275 g/mol. The van der Waals surface area contributed by atoms with Gasteiger partial charge in [-0.3, -0.25) is 0 Å². The van der Waals surface area contributed by atoms with Gasteiger partial charge in [-0.05, 0) is 72.9 Å². The molecule has 2 aromatic rings. The van der Waals surface area contributed by atoms with Crippen LogP contribution in [0.4, 0.5) is 4.39 Å². The van der Waals surface area contributed by atoms with E-state index < -0.39 is 0 Å². The highest BCUT2D eigenvalue weighted by Crippen LogP contribution is 2.43. The maximum Gasteiger partial charge on any atom is 0.138 e. The first-order valence-corrected chi connectivity index (χ1v) is 7.49. The second-order valence-electron chi connectivity index (χ2n) is 5.70. The van der Waals surface area contributed by atoms with Gasteiger partial charge >= 0.3 is 0 Å². The minimum atomic E-state index is -0.248. The molecule has 0 radical (unpaired) electrons. The van der Waals surface area contributed by atoms with Gasteiger partial charge in [-0.15, -0.1) is 0 Å². The van der Waals surface area contributed by atoms with Crippen LogP contribution >= 0.6 is 0 Å². The van der Waals surface area contributed by atoms with Crippen molar-refractivity contribution in [3.05, 3.63) is 76.6 Å². The Kier molecular flexibility index (Phi) is 3.61. The van der Waals surface area contributed by atoms with Crippen LogP contribution in [0.5, 0.6) is 5.75 Å². The highest BCUT2D eigenvalue weighted by Gasteiger charge is 2.24. The summed E-state index contributed by atoms with van der Waals surface area (Å²) < 4.78 is 19.4. The molecule has 1 heterocycles. The Morgan fingerprint density at radius 2 is 1.77 bits per heavy atom. The Labute approximate surface area is 130 Å². The van der Waals surface area contributed by atoms with Gasteiger partial charge in [0.1, 0.15) is 17.3 Å². The van der Waals surface area contributed by atoms with Crippen LogP contribution in [0.15, 0.2) is 48.6 Å². The van der Waals surface area contributed by atoms with Gasteiger partial charge in [0.15, 0.2) is 0 Å². The zero-order valence-electron chi connectivity index (χ0n) is 13.2. The van der Waals surface area contributed by atoms with Crippen molar-refractivity contribution in [1.82, 2.24) is 0 Å². The average Bonchev–Trinajstić information content (AvgIpc) is 2.51. The van der Waals surface area contributed by atoms with E-state index >= 15 is 0 Å². The zero-order chi connectivity index (χ0) is 15.9. The summed E-state index contributed by atoms with van der Waals surface area (Å²) in [6, 6.07) is 10.6. The van der Waals surface area contributed by atoms with Gasteiger partial charge in [0, 0.05) is 11.1 Å². The molecule has 2 heteroatoms. The van der Waals surface area contributed by atoms with Crippen molar-refractivity contribution >= 4 is 11.3 Å². The fourth-order valence-corrected chi connectivity index (χ4v) is 2.85.